The van der Waals surface area contributed by atoms with Crippen molar-refractivity contribution < 1.29 is 9.59 Å². The van der Waals surface area contributed by atoms with E-state index >= 15 is 0 Å². The van der Waals surface area contributed by atoms with Gasteiger partial charge in [0.2, 0.25) is 5.91 Å². The van der Waals surface area contributed by atoms with Crippen molar-refractivity contribution in [3.63, 3.8) is 0 Å². The van der Waals surface area contributed by atoms with Gasteiger partial charge in [0.1, 0.15) is 0 Å². The zero-order chi connectivity index (χ0) is 17.7. The minimum Gasteiger partial charge on any atom is -0.343 e. The Morgan fingerprint density at radius 1 is 1.21 bits per heavy atom. The molecular formula is C19H27ClN2O2. The monoisotopic (exact) mass is 350 g/mol. The molecule has 1 amide bonds. The minimum atomic E-state index is -0.194. The van der Waals surface area contributed by atoms with E-state index in [1.807, 2.05) is 43.0 Å². The number of amides is 1. The van der Waals surface area contributed by atoms with Crippen molar-refractivity contribution in [2.75, 3.05) is 13.1 Å². The number of rotatable bonds is 6. The van der Waals surface area contributed by atoms with Crippen molar-refractivity contribution in [2.45, 2.75) is 52.1 Å². The van der Waals surface area contributed by atoms with Crippen LogP contribution in [0.2, 0.25) is 5.02 Å². The first-order chi connectivity index (χ1) is 11.4. The molecule has 0 spiro atoms. The number of ketones is 1. The van der Waals surface area contributed by atoms with Gasteiger partial charge in [-0.2, -0.15) is 0 Å². The summed E-state index contributed by atoms with van der Waals surface area (Å²) in [5, 5.41) is 4.24. The van der Waals surface area contributed by atoms with E-state index in [2.05, 4.69) is 5.32 Å². The van der Waals surface area contributed by atoms with Crippen LogP contribution in [0.1, 0.15) is 39.2 Å². The number of piperidine rings is 1. The van der Waals surface area contributed by atoms with E-state index < -0.39 is 0 Å². The highest BCUT2D eigenvalue weighted by Crippen LogP contribution is 2.16. The Morgan fingerprint density at radius 2 is 1.79 bits per heavy atom. The average molecular weight is 351 g/mol. The van der Waals surface area contributed by atoms with Gasteiger partial charge in [-0.3, -0.25) is 9.59 Å². The smallest absolute Gasteiger partial charge is 0.219 e. The van der Waals surface area contributed by atoms with Gasteiger partial charge in [-0.05, 0) is 37.0 Å². The van der Waals surface area contributed by atoms with Gasteiger partial charge in [-0.15, -0.1) is 0 Å². The van der Waals surface area contributed by atoms with Gasteiger partial charge in [0.15, 0.2) is 5.78 Å². The summed E-state index contributed by atoms with van der Waals surface area (Å²) in [4.78, 5) is 25.9. The average Bonchev–Trinajstić information content (AvgIpc) is 2.56. The lowest BCUT2D eigenvalue weighted by Gasteiger charge is -2.34. The Bertz CT molecular complexity index is 563. The second-order valence-corrected chi connectivity index (χ2v) is 7.32. The van der Waals surface area contributed by atoms with Crippen LogP contribution < -0.4 is 5.32 Å². The predicted octanol–water partition coefficient (Wildman–Crippen LogP) is 3.08. The van der Waals surface area contributed by atoms with Crippen LogP contribution in [0, 0.1) is 5.92 Å². The Labute approximate surface area is 149 Å². The standard InChI is InChI=1S/C19H27ClN2O2/c1-13(2)19(24)18(12-15-4-6-16(20)7-5-15)21-17-8-10-22(11-9-17)14(3)23/h4-7,13,17-18,21H,8-12H2,1-3H3/t18-/m1/s1. The van der Waals surface area contributed by atoms with E-state index in [4.69, 9.17) is 11.6 Å². The molecule has 0 saturated carbocycles. The summed E-state index contributed by atoms with van der Waals surface area (Å²) < 4.78 is 0. The number of benzene rings is 1. The van der Waals surface area contributed by atoms with Gasteiger partial charge < -0.3 is 10.2 Å². The van der Waals surface area contributed by atoms with Crippen molar-refractivity contribution >= 4 is 23.3 Å². The molecule has 1 aromatic carbocycles. The zero-order valence-corrected chi connectivity index (χ0v) is 15.5. The summed E-state index contributed by atoms with van der Waals surface area (Å²) in [5.41, 5.74) is 1.10. The second kappa shape index (κ2) is 8.63. The van der Waals surface area contributed by atoms with E-state index in [0.29, 0.717) is 11.4 Å². The van der Waals surface area contributed by atoms with Crippen LogP contribution in [0.25, 0.3) is 0 Å². The molecule has 1 aromatic rings. The summed E-state index contributed by atoms with van der Waals surface area (Å²) >= 11 is 5.94. The van der Waals surface area contributed by atoms with Crippen molar-refractivity contribution in [2.24, 2.45) is 5.92 Å². The fourth-order valence-electron chi connectivity index (χ4n) is 3.15. The number of hydrogen-bond donors (Lipinski definition) is 1. The number of nitrogens with zero attached hydrogens (tertiary/aromatic N) is 1. The van der Waals surface area contributed by atoms with Gasteiger partial charge in [0.25, 0.3) is 0 Å². The predicted molar refractivity (Wildman–Crippen MR) is 97.2 cm³/mol. The van der Waals surface area contributed by atoms with E-state index in [1.165, 1.54) is 0 Å². The molecule has 132 valence electrons. The second-order valence-electron chi connectivity index (χ2n) is 6.89. The summed E-state index contributed by atoms with van der Waals surface area (Å²) in [6.07, 6.45) is 2.45. The zero-order valence-electron chi connectivity index (χ0n) is 14.7. The third kappa shape index (κ3) is 5.32. The lowest BCUT2D eigenvalue weighted by molar-refractivity contribution is -0.130. The number of carbonyl (C=O) groups excluding carboxylic acids is 2. The fraction of sp³-hybridized carbons (Fsp3) is 0.579. The quantitative estimate of drug-likeness (QED) is 0.857. The number of Topliss-reactive ketones (excluding diaryl/α,β-unsaturated/α-hetero) is 1. The number of halogens is 1. The first-order valence-corrected chi connectivity index (χ1v) is 9.04. The molecule has 5 heteroatoms. The van der Waals surface area contributed by atoms with Gasteiger partial charge in [-0.25, -0.2) is 0 Å². The maximum absolute atomic E-state index is 12.6. The normalized spacial score (nSPS) is 17.1. The van der Waals surface area contributed by atoms with Crippen LogP contribution in [-0.2, 0) is 16.0 Å². The molecule has 1 aliphatic heterocycles. The molecule has 0 radical (unpaired) electrons. The molecule has 0 bridgehead atoms. The molecule has 24 heavy (non-hydrogen) atoms. The summed E-state index contributed by atoms with van der Waals surface area (Å²) in [5.74, 6) is 0.357. The maximum atomic E-state index is 12.6. The van der Waals surface area contributed by atoms with E-state index in [0.717, 1.165) is 31.5 Å². The first-order valence-electron chi connectivity index (χ1n) is 8.66. The molecule has 0 aliphatic carbocycles. The molecule has 4 nitrogen and oxygen atoms in total. The first kappa shape index (κ1) is 18.9. The van der Waals surface area contributed by atoms with Crippen molar-refractivity contribution in [1.82, 2.24) is 10.2 Å². The fourth-order valence-corrected chi connectivity index (χ4v) is 3.27. The SMILES string of the molecule is CC(=O)N1CCC(N[C@H](Cc2ccc(Cl)cc2)C(=O)C(C)C)CC1. The molecule has 0 unspecified atom stereocenters. The van der Waals surface area contributed by atoms with Crippen LogP contribution >= 0.6 is 11.6 Å². The Morgan fingerprint density at radius 3 is 2.29 bits per heavy atom. The molecular weight excluding hydrogens is 324 g/mol. The molecule has 1 heterocycles. The third-order valence-corrected chi connectivity index (χ3v) is 4.89. The van der Waals surface area contributed by atoms with Crippen molar-refractivity contribution in [1.29, 1.82) is 0 Å². The highest BCUT2D eigenvalue weighted by molar-refractivity contribution is 6.30. The summed E-state index contributed by atoms with van der Waals surface area (Å²) in [6, 6.07) is 7.75. The molecule has 1 N–H and O–H groups in total. The lowest BCUT2D eigenvalue weighted by Crippen LogP contribution is -2.51. The maximum Gasteiger partial charge on any atom is 0.219 e. The number of likely N-dealkylation sites (tertiary alicyclic amines) is 1. The number of nitrogens with one attached hydrogen (secondary N) is 1. The third-order valence-electron chi connectivity index (χ3n) is 4.64. The number of carbonyl (C=O) groups is 2. The van der Waals surface area contributed by atoms with Crippen LogP contribution in [0.4, 0.5) is 0 Å². The van der Waals surface area contributed by atoms with E-state index in [-0.39, 0.29) is 29.7 Å². The van der Waals surface area contributed by atoms with E-state index in [1.54, 1.807) is 6.92 Å². The lowest BCUT2D eigenvalue weighted by atomic mass is 9.93. The number of hydrogen-bond acceptors (Lipinski definition) is 3. The minimum absolute atomic E-state index is 0.00731. The van der Waals surface area contributed by atoms with Crippen LogP contribution in [-0.4, -0.2) is 41.8 Å². The molecule has 1 aliphatic rings. The Kier molecular flexibility index (Phi) is 6.81. The summed E-state index contributed by atoms with van der Waals surface area (Å²) in [7, 11) is 0. The van der Waals surface area contributed by atoms with Gasteiger partial charge in [0.05, 0.1) is 6.04 Å². The van der Waals surface area contributed by atoms with Crippen LogP contribution in [0.5, 0.6) is 0 Å². The molecule has 1 saturated heterocycles. The van der Waals surface area contributed by atoms with Crippen LogP contribution in [0.15, 0.2) is 24.3 Å². The topological polar surface area (TPSA) is 49.4 Å². The van der Waals surface area contributed by atoms with Crippen molar-refractivity contribution in [3.05, 3.63) is 34.9 Å². The highest BCUT2D eigenvalue weighted by Gasteiger charge is 2.27. The Hall–Kier alpha value is -1.39. The van der Waals surface area contributed by atoms with Gasteiger partial charge in [0, 0.05) is 37.0 Å². The largest absolute Gasteiger partial charge is 0.343 e. The molecule has 1 fully saturated rings. The summed E-state index contributed by atoms with van der Waals surface area (Å²) in [6.45, 7) is 7.01. The van der Waals surface area contributed by atoms with Crippen LogP contribution in [0.3, 0.4) is 0 Å². The van der Waals surface area contributed by atoms with Gasteiger partial charge >= 0.3 is 0 Å². The Balaban J connectivity index is 2.00. The van der Waals surface area contributed by atoms with E-state index in [9.17, 15) is 9.59 Å². The molecule has 2 rings (SSSR count). The molecule has 1 atom stereocenters. The molecule has 0 aromatic heterocycles. The van der Waals surface area contributed by atoms with Gasteiger partial charge in [-0.1, -0.05) is 37.6 Å². The highest BCUT2D eigenvalue weighted by atomic mass is 35.5. The van der Waals surface area contributed by atoms with Crippen molar-refractivity contribution in [3.8, 4) is 0 Å².